The smallest absolute Gasteiger partial charge is 0.0704 e. The Morgan fingerprint density at radius 1 is 0.536 bits per heavy atom. The van der Waals surface area contributed by atoms with E-state index in [0.717, 1.165) is 39.0 Å². The maximum atomic E-state index is 5.77. The molecule has 0 amide bonds. The molecular formula is C20H41NO7. The Labute approximate surface area is 170 Å². The fourth-order valence-electron chi connectivity index (χ4n) is 2.58. The van der Waals surface area contributed by atoms with Crippen molar-refractivity contribution >= 4 is 0 Å². The summed E-state index contributed by atoms with van der Waals surface area (Å²) in [5, 5.41) is 3.32. The van der Waals surface area contributed by atoms with Crippen molar-refractivity contribution in [2.45, 2.75) is 32.3 Å². The molecule has 1 fully saturated rings. The van der Waals surface area contributed by atoms with Crippen LogP contribution in [0, 0.1) is 0 Å². The zero-order chi connectivity index (χ0) is 20.0. The Hall–Kier alpha value is -0.320. The van der Waals surface area contributed by atoms with Gasteiger partial charge in [0.15, 0.2) is 0 Å². The highest BCUT2D eigenvalue weighted by molar-refractivity contribution is 4.67. The second kappa shape index (κ2) is 21.4. The lowest BCUT2D eigenvalue weighted by Gasteiger charge is -2.22. The molecule has 1 aliphatic rings. The molecule has 1 aliphatic heterocycles. The second-order valence-electron chi connectivity index (χ2n) is 6.49. The molecular weight excluding hydrogens is 366 g/mol. The summed E-state index contributed by atoms with van der Waals surface area (Å²) in [5.74, 6) is 0. The maximum absolute atomic E-state index is 5.77. The van der Waals surface area contributed by atoms with E-state index in [-0.39, 0.29) is 0 Å². The zero-order valence-corrected chi connectivity index (χ0v) is 17.7. The highest BCUT2D eigenvalue weighted by Crippen LogP contribution is 2.06. The molecule has 0 aliphatic carbocycles. The standard InChI is InChI=1S/C20H41NO7/c1-2-7-22-8-9-23-10-11-24-12-13-25-14-15-26-16-17-27-18-19-28-20-3-5-21-6-4-20/h20-21H,2-19H2,1H3. The minimum absolute atomic E-state index is 0.389. The molecule has 1 rings (SSSR count). The van der Waals surface area contributed by atoms with Crippen molar-refractivity contribution < 1.29 is 33.2 Å². The van der Waals surface area contributed by atoms with Gasteiger partial charge in [0.05, 0.1) is 85.4 Å². The van der Waals surface area contributed by atoms with E-state index in [1.54, 1.807) is 0 Å². The molecule has 0 aromatic carbocycles. The average Bonchev–Trinajstić information content (AvgIpc) is 2.73. The number of hydrogen-bond acceptors (Lipinski definition) is 8. The highest BCUT2D eigenvalue weighted by Gasteiger charge is 2.12. The lowest BCUT2D eigenvalue weighted by atomic mass is 10.1. The average molecular weight is 408 g/mol. The first-order valence-corrected chi connectivity index (χ1v) is 10.7. The van der Waals surface area contributed by atoms with Crippen molar-refractivity contribution in [3.63, 3.8) is 0 Å². The van der Waals surface area contributed by atoms with Crippen LogP contribution in [0.5, 0.6) is 0 Å². The van der Waals surface area contributed by atoms with Gasteiger partial charge in [-0.25, -0.2) is 0 Å². The van der Waals surface area contributed by atoms with E-state index in [1.165, 1.54) is 0 Å². The molecule has 0 aromatic heterocycles. The number of nitrogens with one attached hydrogen (secondary N) is 1. The van der Waals surface area contributed by atoms with E-state index >= 15 is 0 Å². The van der Waals surface area contributed by atoms with Crippen LogP contribution in [0.4, 0.5) is 0 Å². The van der Waals surface area contributed by atoms with Crippen molar-refractivity contribution in [3.8, 4) is 0 Å². The third-order valence-electron chi connectivity index (χ3n) is 4.08. The van der Waals surface area contributed by atoms with Gasteiger partial charge in [-0.05, 0) is 32.4 Å². The van der Waals surface area contributed by atoms with Crippen LogP contribution in [0.25, 0.3) is 0 Å². The molecule has 0 radical (unpaired) electrons. The molecule has 0 unspecified atom stereocenters. The highest BCUT2D eigenvalue weighted by atomic mass is 16.6. The summed E-state index contributed by atoms with van der Waals surface area (Å²) in [6.07, 6.45) is 3.61. The predicted molar refractivity (Wildman–Crippen MR) is 107 cm³/mol. The summed E-state index contributed by atoms with van der Waals surface area (Å²) < 4.78 is 38.3. The molecule has 28 heavy (non-hydrogen) atoms. The van der Waals surface area contributed by atoms with Crippen LogP contribution in [0.3, 0.4) is 0 Å². The first-order valence-electron chi connectivity index (χ1n) is 10.7. The summed E-state index contributed by atoms with van der Waals surface area (Å²) in [5.41, 5.74) is 0. The summed E-state index contributed by atoms with van der Waals surface area (Å²) in [4.78, 5) is 0. The molecule has 168 valence electrons. The van der Waals surface area contributed by atoms with Crippen LogP contribution in [-0.2, 0) is 33.2 Å². The van der Waals surface area contributed by atoms with Gasteiger partial charge in [-0.1, -0.05) is 6.92 Å². The Balaban J connectivity index is 1.64. The van der Waals surface area contributed by atoms with Gasteiger partial charge in [-0.15, -0.1) is 0 Å². The maximum Gasteiger partial charge on any atom is 0.0704 e. The fraction of sp³-hybridized carbons (Fsp3) is 1.00. The molecule has 0 saturated carbocycles. The Morgan fingerprint density at radius 3 is 1.29 bits per heavy atom. The molecule has 8 nitrogen and oxygen atoms in total. The minimum atomic E-state index is 0.389. The van der Waals surface area contributed by atoms with E-state index in [9.17, 15) is 0 Å². The van der Waals surface area contributed by atoms with E-state index in [2.05, 4.69) is 12.2 Å². The SMILES string of the molecule is CCCOCCOCCOCCOCCOCCOCCOC1CCNCC1. The third kappa shape index (κ3) is 17.8. The molecule has 0 bridgehead atoms. The topological polar surface area (TPSA) is 76.6 Å². The Bertz CT molecular complexity index is 304. The van der Waals surface area contributed by atoms with Gasteiger partial charge in [0.25, 0.3) is 0 Å². The van der Waals surface area contributed by atoms with E-state index < -0.39 is 0 Å². The summed E-state index contributed by atoms with van der Waals surface area (Å²) in [7, 11) is 0. The summed E-state index contributed by atoms with van der Waals surface area (Å²) in [6, 6.07) is 0. The van der Waals surface area contributed by atoms with Crippen molar-refractivity contribution in [1.29, 1.82) is 0 Å². The van der Waals surface area contributed by atoms with Crippen LogP contribution >= 0.6 is 0 Å². The zero-order valence-electron chi connectivity index (χ0n) is 17.7. The van der Waals surface area contributed by atoms with Crippen molar-refractivity contribution in [2.75, 3.05) is 99.0 Å². The summed E-state index contributed by atoms with van der Waals surface area (Å²) >= 11 is 0. The third-order valence-corrected chi connectivity index (χ3v) is 4.08. The molecule has 1 N–H and O–H groups in total. The van der Waals surface area contributed by atoms with Gasteiger partial charge in [0.2, 0.25) is 0 Å². The number of piperidine rings is 1. The van der Waals surface area contributed by atoms with E-state index in [0.29, 0.717) is 85.4 Å². The molecule has 8 heteroatoms. The minimum Gasteiger partial charge on any atom is -0.379 e. The van der Waals surface area contributed by atoms with Gasteiger partial charge in [0, 0.05) is 6.61 Å². The lowest BCUT2D eigenvalue weighted by Crippen LogP contribution is -2.33. The van der Waals surface area contributed by atoms with E-state index in [4.69, 9.17) is 33.2 Å². The first-order chi connectivity index (χ1) is 13.9. The van der Waals surface area contributed by atoms with Crippen LogP contribution in [-0.4, -0.2) is 105 Å². The van der Waals surface area contributed by atoms with Crippen molar-refractivity contribution in [3.05, 3.63) is 0 Å². The van der Waals surface area contributed by atoms with Crippen LogP contribution in [0.15, 0.2) is 0 Å². The molecule has 0 atom stereocenters. The largest absolute Gasteiger partial charge is 0.379 e. The molecule has 1 saturated heterocycles. The van der Waals surface area contributed by atoms with Gasteiger partial charge in [-0.2, -0.15) is 0 Å². The Morgan fingerprint density at radius 2 is 0.893 bits per heavy atom. The van der Waals surface area contributed by atoms with Gasteiger partial charge < -0.3 is 38.5 Å². The molecule has 0 aromatic rings. The number of ether oxygens (including phenoxy) is 7. The van der Waals surface area contributed by atoms with Crippen LogP contribution in [0.1, 0.15) is 26.2 Å². The lowest BCUT2D eigenvalue weighted by molar-refractivity contribution is -0.0306. The first kappa shape index (κ1) is 25.7. The van der Waals surface area contributed by atoms with Gasteiger partial charge in [-0.3, -0.25) is 0 Å². The van der Waals surface area contributed by atoms with Crippen LogP contribution < -0.4 is 5.32 Å². The fourth-order valence-corrected chi connectivity index (χ4v) is 2.58. The number of rotatable bonds is 21. The van der Waals surface area contributed by atoms with Crippen molar-refractivity contribution in [1.82, 2.24) is 5.32 Å². The number of hydrogen-bond donors (Lipinski definition) is 1. The summed E-state index contributed by atoms with van der Waals surface area (Å²) in [6.45, 7) is 12.1. The second-order valence-corrected chi connectivity index (χ2v) is 6.49. The normalized spacial score (nSPS) is 15.3. The Kier molecular flexibility index (Phi) is 19.6. The van der Waals surface area contributed by atoms with Gasteiger partial charge >= 0.3 is 0 Å². The monoisotopic (exact) mass is 407 g/mol. The van der Waals surface area contributed by atoms with Crippen LogP contribution in [0.2, 0.25) is 0 Å². The van der Waals surface area contributed by atoms with Gasteiger partial charge in [0.1, 0.15) is 0 Å². The van der Waals surface area contributed by atoms with Crippen molar-refractivity contribution in [2.24, 2.45) is 0 Å². The molecule has 0 spiro atoms. The predicted octanol–water partition coefficient (Wildman–Crippen LogP) is 1.26. The van der Waals surface area contributed by atoms with E-state index in [1.807, 2.05) is 0 Å². The quantitative estimate of drug-likeness (QED) is 0.285. The molecule has 1 heterocycles.